The van der Waals surface area contributed by atoms with E-state index in [0.29, 0.717) is 6.10 Å². The number of nitrogens with zero attached hydrogens (tertiary/aromatic N) is 1. The van der Waals surface area contributed by atoms with E-state index in [1.54, 1.807) is 0 Å². The van der Waals surface area contributed by atoms with Crippen LogP contribution in [0.15, 0.2) is 0 Å². The van der Waals surface area contributed by atoms with Crippen LogP contribution < -0.4 is 5.32 Å². The number of piperidine rings is 1. The third-order valence-electron chi connectivity index (χ3n) is 5.22. The molecule has 0 amide bonds. The van der Waals surface area contributed by atoms with Crippen LogP contribution in [0.25, 0.3) is 0 Å². The molecule has 3 aliphatic heterocycles. The van der Waals surface area contributed by atoms with Gasteiger partial charge in [0.25, 0.3) is 0 Å². The van der Waals surface area contributed by atoms with E-state index in [4.69, 9.17) is 4.74 Å². The fraction of sp³-hybridized carbons (Fsp3) is 1.00. The van der Waals surface area contributed by atoms with E-state index in [-0.39, 0.29) is 5.60 Å². The molecule has 3 unspecified atom stereocenters. The minimum atomic E-state index is 0.113. The molecular formula is C16H30N2O. The molecule has 3 heteroatoms. The van der Waals surface area contributed by atoms with Gasteiger partial charge in [-0.3, -0.25) is 4.90 Å². The summed E-state index contributed by atoms with van der Waals surface area (Å²) in [6.07, 6.45) is 9.84. The van der Waals surface area contributed by atoms with Crippen LogP contribution in [0.4, 0.5) is 0 Å². The zero-order valence-corrected chi connectivity index (χ0v) is 12.7. The van der Waals surface area contributed by atoms with E-state index in [9.17, 15) is 0 Å². The van der Waals surface area contributed by atoms with E-state index in [1.165, 1.54) is 58.0 Å². The van der Waals surface area contributed by atoms with Crippen molar-refractivity contribution in [3.63, 3.8) is 0 Å². The van der Waals surface area contributed by atoms with Crippen LogP contribution in [0, 0.1) is 0 Å². The highest BCUT2D eigenvalue weighted by atomic mass is 16.5. The number of hydrogen-bond donors (Lipinski definition) is 1. The second-order valence-corrected chi connectivity index (χ2v) is 7.30. The third kappa shape index (κ3) is 3.32. The molecule has 3 aliphatic rings. The van der Waals surface area contributed by atoms with E-state index in [1.807, 2.05) is 0 Å². The van der Waals surface area contributed by atoms with Crippen molar-refractivity contribution in [2.75, 3.05) is 19.6 Å². The quantitative estimate of drug-likeness (QED) is 0.849. The maximum Gasteiger partial charge on any atom is 0.0710 e. The van der Waals surface area contributed by atoms with Gasteiger partial charge in [-0.05, 0) is 65.5 Å². The molecular weight excluding hydrogens is 236 g/mol. The van der Waals surface area contributed by atoms with Crippen molar-refractivity contribution in [3.05, 3.63) is 0 Å². The number of ether oxygens (including phenoxy) is 1. The molecule has 0 aromatic carbocycles. The Labute approximate surface area is 118 Å². The molecule has 0 saturated carbocycles. The predicted molar refractivity (Wildman–Crippen MR) is 78.4 cm³/mol. The normalized spacial score (nSPS) is 39.8. The van der Waals surface area contributed by atoms with Gasteiger partial charge >= 0.3 is 0 Å². The zero-order chi connectivity index (χ0) is 13.3. The van der Waals surface area contributed by atoms with Gasteiger partial charge in [-0.15, -0.1) is 0 Å². The minimum absolute atomic E-state index is 0.113. The van der Waals surface area contributed by atoms with E-state index in [0.717, 1.165) is 18.6 Å². The average Bonchev–Trinajstić information content (AvgIpc) is 3.00. The second kappa shape index (κ2) is 5.71. The maximum atomic E-state index is 6.20. The molecule has 0 aliphatic carbocycles. The molecule has 0 aromatic rings. The molecule has 3 atom stereocenters. The van der Waals surface area contributed by atoms with Gasteiger partial charge in [0.15, 0.2) is 0 Å². The van der Waals surface area contributed by atoms with Crippen LogP contribution in [0.1, 0.15) is 58.8 Å². The van der Waals surface area contributed by atoms with Crippen LogP contribution in [0.3, 0.4) is 0 Å². The van der Waals surface area contributed by atoms with Crippen molar-refractivity contribution in [1.29, 1.82) is 0 Å². The van der Waals surface area contributed by atoms with Crippen LogP contribution in [-0.4, -0.2) is 48.3 Å². The van der Waals surface area contributed by atoms with Crippen molar-refractivity contribution in [1.82, 2.24) is 10.2 Å². The predicted octanol–water partition coefficient (Wildman–Crippen LogP) is 2.55. The lowest BCUT2D eigenvalue weighted by Crippen LogP contribution is -2.52. The van der Waals surface area contributed by atoms with Crippen LogP contribution in [0.5, 0.6) is 0 Å². The Morgan fingerprint density at radius 3 is 2.74 bits per heavy atom. The molecule has 3 rings (SSSR count). The van der Waals surface area contributed by atoms with Crippen LogP contribution in [0.2, 0.25) is 0 Å². The first-order valence-corrected chi connectivity index (χ1v) is 8.29. The molecule has 3 fully saturated rings. The summed E-state index contributed by atoms with van der Waals surface area (Å²) in [7, 11) is 0. The minimum Gasteiger partial charge on any atom is -0.371 e. The summed E-state index contributed by atoms with van der Waals surface area (Å²) in [5, 5.41) is 3.71. The van der Waals surface area contributed by atoms with Crippen molar-refractivity contribution in [2.45, 2.75) is 82.6 Å². The van der Waals surface area contributed by atoms with E-state index < -0.39 is 0 Å². The summed E-state index contributed by atoms with van der Waals surface area (Å²) in [5.74, 6) is 0. The molecule has 3 saturated heterocycles. The Bertz CT molecular complexity index is 299. The van der Waals surface area contributed by atoms with Crippen LogP contribution >= 0.6 is 0 Å². The molecule has 3 heterocycles. The lowest BCUT2D eigenvalue weighted by Gasteiger charge is -2.40. The van der Waals surface area contributed by atoms with Gasteiger partial charge in [-0.1, -0.05) is 6.42 Å². The topological polar surface area (TPSA) is 24.5 Å². The first kappa shape index (κ1) is 13.8. The second-order valence-electron chi connectivity index (χ2n) is 7.30. The molecule has 110 valence electrons. The van der Waals surface area contributed by atoms with Gasteiger partial charge in [-0.2, -0.15) is 0 Å². The van der Waals surface area contributed by atoms with Gasteiger partial charge in [-0.25, -0.2) is 0 Å². The largest absolute Gasteiger partial charge is 0.371 e. The van der Waals surface area contributed by atoms with Gasteiger partial charge in [0, 0.05) is 18.6 Å². The Kier molecular flexibility index (Phi) is 4.16. The van der Waals surface area contributed by atoms with Crippen molar-refractivity contribution >= 4 is 0 Å². The van der Waals surface area contributed by atoms with Gasteiger partial charge < -0.3 is 10.1 Å². The molecule has 19 heavy (non-hydrogen) atoms. The first-order valence-electron chi connectivity index (χ1n) is 8.29. The number of hydrogen-bond acceptors (Lipinski definition) is 3. The average molecular weight is 266 g/mol. The highest BCUT2D eigenvalue weighted by molar-refractivity contribution is 4.92. The summed E-state index contributed by atoms with van der Waals surface area (Å²) < 4.78 is 6.20. The lowest BCUT2D eigenvalue weighted by molar-refractivity contribution is -0.0395. The Morgan fingerprint density at radius 2 is 2.05 bits per heavy atom. The molecule has 0 spiro atoms. The molecule has 0 bridgehead atoms. The highest BCUT2D eigenvalue weighted by Gasteiger charge is 2.36. The summed E-state index contributed by atoms with van der Waals surface area (Å²) >= 11 is 0. The molecule has 0 radical (unpaired) electrons. The smallest absolute Gasteiger partial charge is 0.0710 e. The van der Waals surface area contributed by atoms with Gasteiger partial charge in [0.2, 0.25) is 0 Å². The summed E-state index contributed by atoms with van der Waals surface area (Å²) in [4.78, 5) is 2.73. The Hall–Kier alpha value is -0.120. The monoisotopic (exact) mass is 266 g/mol. The SMILES string of the molecule is CC1(C)CCC(CN2CCCCC2C2CCCN2)O1. The fourth-order valence-electron chi connectivity index (χ4n) is 4.21. The fourth-order valence-corrected chi connectivity index (χ4v) is 4.21. The number of nitrogens with one attached hydrogen (secondary N) is 1. The maximum absolute atomic E-state index is 6.20. The molecule has 0 aromatic heterocycles. The Morgan fingerprint density at radius 1 is 1.16 bits per heavy atom. The summed E-state index contributed by atoms with van der Waals surface area (Å²) in [5.41, 5.74) is 0.113. The van der Waals surface area contributed by atoms with Crippen LogP contribution in [-0.2, 0) is 4.74 Å². The first-order chi connectivity index (χ1) is 9.14. The zero-order valence-electron chi connectivity index (χ0n) is 12.7. The van der Waals surface area contributed by atoms with Crippen molar-refractivity contribution in [2.24, 2.45) is 0 Å². The van der Waals surface area contributed by atoms with E-state index in [2.05, 4.69) is 24.1 Å². The van der Waals surface area contributed by atoms with Crippen molar-refractivity contribution in [3.8, 4) is 0 Å². The van der Waals surface area contributed by atoms with Crippen molar-refractivity contribution < 1.29 is 4.74 Å². The standard InChI is InChI=1S/C16H30N2O/c1-16(2)9-8-13(19-16)12-18-11-4-3-7-15(18)14-6-5-10-17-14/h13-15,17H,3-12H2,1-2H3. The number of rotatable bonds is 3. The van der Waals surface area contributed by atoms with Gasteiger partial charge in [0.05, 0.1) is 11.7 Å². The number of likely N-dealkylation sites (tertiary alicyclic amines) is 1. The van der Waals surface area contributed by atoms with Gasteiger partial charge in [0.1, 0.15) is 0 Å². The highest BCUT2D eigenvalue weighted by Crippen LogP contribution is 2.32. The Balaban J connectivity index is 1.58. The lowest BCUT2D eigenvalue weighted by atomic mass is 9.94. The summed E-state index contributed by atoms with van der Waals surface area (Å²) in [6.45, 7) is 8.13. The molecule has 1 N–H and O–H groups in total. The van der Waals surface area contributed by atoms with E-state index >= 15 is 0 Å². The third-order valence-corrected chi connectivity index (χ3v) is 5.22. The molecule has 3 nitrogen and oxygen atoms in total. The summed E-state index contributed by atoms with van der Waals surface area (Å²) in [6, 6.07) is 1.51.